The van der Waals surface area contributed by atoms with Crippen molar-refractivity contribution in [1.82, 2.24) is 4.98 Å². The van der Waals surface area contributed by atoms with Crippen LogP contribution in [0.25, 0.3) is 0 Å². The normalized spacial score (nSPS) is 19.7. The number of rotatable bonds is 5. The van der Waals surface area contributed by atoms with Crippen LogP contribution in [-0.4, -0.2) is 4.98 Å². The summed E-state index contributed by atoms with van der Waals surface area (Å²) in [6.07, 6.45) is 6.41. The van der Waals surface area contributed by atoms with E-state index in [2.05, 4.69) is 11.9 Å². The highest BCUT2D eigenvalue weighted by atomic mass is 32.1. The van der Waals surface area contributed by atoms with Gasteiger partial charge in [0.05, 0.1) is 10.7 Å². The molecule has 2 rings (SSSR count). The lowest BCUT2D eigenvalue weighted by Crippen LogP contribution is -2.36. The van der Waals surface area contributed by atoms with Gasteiger partial charge in [-0.05, 0) is 25.7 Å². The lowest BCUT2D eigenvalue weighted by Gasteiger charge is -2.48. The molecule has 1 aromatic heterocycles. The van der Waals surface area contributed by atoms with E-state index >= 15 is 0 Å². The Kier molecular flexibility index (Phi) is 4.99. The number of hydrogen-bond donors (Lipinski definition) is 0. The summed E-state index contributed by atoms with van der Waals surface area (Å²) < 4.78 is 11.8. The predicted octanol–water partition coefficient (Wildman–Crippen LogP) is 3.29. The molecule has 1 aromatic rings. The number of aromatic nitrogens is 1. The maximum absolute atomic E-state index is 11.8. The second kappa shape index (κ2) is 6.11. The zero-order chi connectivity index (χ0) is 15.7. The third kappa shape index (κ3) is 2.98. The van der Waals surface area contributed by atoms with Crippen LogP contribution in [0.3, 0.4) is 0 Å². The average Bonchev–Trinajstić information content (AvgIpc) is 2.91. The van der Waals surface area contributed by atoms with E-state index < -0.39 is 12.8 Å². The summed E-state index contributed by atoms with van der Waals surface area (Å²) in [4.78, 5) is 28.3. The SMILES string of the molecule is CCC(CC)(c1csc(C2(C)CCCCC2)n1)P(=O)([O-])[O-]. The fourth-order valence-electron chi connectivity index (χ4n) is 3.45. The van der Waals surface area contributed by atoms with E-state index in [9.17, 15) is 14.4 Å². The molecule has 1 saturated carbocycles. The lowest BCUT2D eigenvalue weighted by molar-refractivity contribution is -0.322. The quantitative estimate of drug-likeness (QED) is 0.777. The zero-order valence-electron chi connectivity index (χ0n) is 13.1. The molecule has 1 aliphatic rings. The standard InChI is InChI=1S/C15H26NO3PS/c1-4-15(5-2,20(17,18)19)12-11-21-13(16-12)14(3)9-7-6-8-10-14/h11H,4-10H2,1-3H3,(H2,17,18,19)/p-2. The summed E-state index contributed by atoms with van der Waals surface area (Å²) in [6.45, 7) is 5.73. The van der Waals surface area contributed by atoms with E-state index in [0.717, 1.165) is 17.8 Å². The van der Waals surface area contributed by atoms with Crippen molar-refractivity contribution in [3.8, 4) is 0 Å². The Balaban J connectivity index is 2.40. The third-order valence-electron chi connectivity index (χ3n) is 5.15. The van der Waals surface area contributed by atoms with Crippen LogP contribution in [0.4, 0.5) is 0 Å². The maximum atomic E-state index is 11.8. The third-order valence-corrected chi connectivity index (χ3v) is 8.21. The maximum Gasteiger partial charge on any atom is 0.0987 e. The molecule has 0 bridgehead atoms. The molecular weight excluding hydrogens is 305 g/mol. The lowest BCUT2D eigenvalue weighted by atomic mass is 9.76. The van der Waals surface area contributed by atoms with Gasteiger partial charge in [-0.15, -0.1) is 11.3 Å². The molecule has 0 saturated heterocycles. The van der Waals surface area contributed by atoms with Gasteiger partial charge >= 0.3 is 0 Å². The Hall–Kier alpha value is -0.220. The second-order valence-electron chi connectivity index (χ2n) is 6.40. The highest BCUT2D eigenvalue weighted by Crippen LogP contribution is 2.55. The van der Waals surface area contributed by atoms with Crippen molar-refractivity contribution in [1.29, 1.82) is 0 Å². The Bertz CT molecular complexity index is 527. The van der Waals surface area contributed by atoms with Gasteiger partial charge in [0, 0.05) is 16.0 Å². The van der Waals surface area contributed by atoms with Gasteiger partial charge in [0.2, 0.25) is 0 Å². The molecule has 0 aromatic carbocycles. The highest BCUT2D eigenvalue weighted by molar-refractivity contribution is 7.50. The summed E-state index contributed by atoms with van der Waals surface area (Å²) in [7, 11) is -4.73. The number of nitrogens with zero attached hydrogens (tertiary/aromatic N) is 1. The molecule has 0 aliphatic heterocycles. The van der Waals surface area contributed by atoms with Gasteiger partial charge in [-0.1, -0.05) is 47.6 Å². The van der Waals surface area contributed by atoms with Gasteiger partial charge in [-0.2, -0.15) is 0 Å². The predicted molar refractivity (Wildman–Crippen MR) is 82.4 cm³/mol. The molecule has 120 valence electrons. The van der Waals surface area contributed by atoms with Crippen LogP contribution in [0.1, 0.15) is 76.4 Å². The average molecular weight is 329 g/mol. The Labute approximate surface area is 131 Å². The first-order valence-corrected chi connectivity index (χ1v) is 10.2. The molecular formula is C15H24NO3PS-2. The van der Waals surface area contributed by atoms with Crippen LogP contribution in [0.5, 0.6) is 0 Å². The van der Waals surface area contributed by atoms with Crippen molar-refractivity contribution in [2.75, 3.05) is 0 Å². The van der Waals surface area contributed by atoms with Crippen molar-refractivity contribution in [2.24, 2.45) is 0 Å². The summed E-state index contributed by atoms with van der Waals surface area (Å²) in [5, 5.41) is 1.45. The summed E-state index contributed by atoms with van der Waals surface area (Å²) in [6, 6.07) is 0. The summed E-state index contributed by atoms with van der Waals surface area (Å²) >= 11 is 1.52. The molecule has 1 heterocycles. The molecule has 0 spiro atoms. The molecule has 0 N–H and O–H groups in total. The van der Waals surface area contributed by atoms with Gasteiger partial charge < -0.3 is 14.4 Å². The van der Waals surface area contributed by atoms with E-state index in [-0.39, 0.29) is 18.3 Å². The zero-order valence-corrected chi connectivity index (χ0v) is 14.8. The van der Waals surface area contributed by atoms with Crippen molar-refractivity contribution in [2.45, 2.75) is 76.3 Å². The highest BCUT2D eigenvalue weighted by Gasteiger charge is 2.38. The largest absolute Gasteiger partial charge is 0.810 e. The van der Waals surface area contributed by atoms with Crippen LogP contribution in [-0.2, 0) is 15.1 Å². The van der Waals surface area contributed by atoms with Gasteiger partial charge in [-0.3, -0.25) is 0 Å². The fourth-order valence-corrected chi connectivity index (χ4v) is 5.85. The van der Waals surface area contributed by atoms with E-state index in [4.69, 9.17) is 0 Å². The molecule has 0 unspecified atom stereocenters. The molecule has 1 aliphatic carbocycles. The molecule has 4 nitrogen and oxygen atoms in total. The molecule has 0 amide bonds. The minimum absolute atomic E-state index is 0.0458. The smallest absolute Gasteiger partial charge is 0.0987 e. The van der Waals surface area contributed by atoms with Crippen LogP contribution in [0.15, 0.2) is 5.38 Å². The van der Waals surface area contributed by atoms with E-state index in [0.29, 0.717) is 5.69 Å². The van der Waals surface area contributed by atoms with Gasteiger partial charge in [0.1, 0.15) is 0 Å². The van der Waals surface area contributed by atoms with E-state index in [1.54, 1.807) is 19.2 Å². The van der Waals surface area contributed by atoms with Gasteiger partial charge in [0.15, 0.2) is 0 Å². The fraction of sp³-hybridized carbons (Fsp3) is 0.800. The van der Waals surface area contributed by atoms with Crippen molar-refractivity contribution >= 4 is 18.9 Å². The van der Waals surface area contributed by atoms with Crippen LogP contribution in [0.2, 0.25) is 0 Å². The van der Waals surface area contributed by atoms with Crippen molar-refractivity contribution in [3.63, 3.8) is 0 Å². The van der Waals surface area contributed by atoms with E-state index in [1.807, 2.05) is 0 Å². The van der Waals surface area contributed by atoms with Crippen LogP contribution in [0, 0.1) is 0 Å². The summed E-state index contributed by atoms with van der Waals surface area (Å²) in [5.74, 6) is 0. The minimum Gasteiger partial charge on any atom is -0.810 e. The van der Waals surface area contributed by atoms with Crippen molar-refractivity contribution in [3.05, 3.63) is 16.1 Å². The second-order valence-corrected chi connectivity index (χ2v) is 9.10. The van der Waals surface area contributed by atoms with Crippen LogP contribution < -0.4 is 9.79 Å². The molecule has 21 heavy (non-hydrogen) atoms. The first-order valence-electron chi connectivity index (χ1n) is 7.78. The minimum atomic E-state index is -4.73. The van der Waals surface area contributed by atoms with Gasteiger partial charge in [-0.25, -0.2) is 4.98 Å². The Morgan fingerprint density at radius 1 is 1.29 bits per heavy atom. The van der Waals surface area contributed by atoms with Gasteiger partial charge in [0.25, 0.3) is 0 Å². The number of hydrogen-bond acceptors (Lipinski definition) is 5. The molecule has 0 atom stereocenters. The first-order chi connectivity index (χ1) is 9.79. The Morgan fingerprint density at radius 3 is 2.33 bits per heavy atom. The van der Waals surface area contributed by atoms with Crippen molar-refractivity contribution < 1.29 is 14.4 Å². The molecule has 1 fully saturated rings. The Morgan fingerprint density at radius 2 is 1.86 bits per heavy atom. The summed E-state index contributed by atoms with van der Waals surface area (Å²) in [5.41, 5.74) is 0.511. The topological polar surface area (TPSA) is 76.1 Å². The number of thiazole rings is 1. The molecule has 0 radical (unpaired) electrons. The molecule has 6 heteroatoms. The van der Waals surface area contributed by atoms with Crippen LogP contribution >= 0.6 is 18.9 Å². The monoisotopic (exact) mass is 329 g/mol. The first kappa shape index (κ1) is 17.1. The van der Waals surface area contributed by atoms with E-state index in [1.165, 1.54) is 30.6 Å².